The minimum absolute atomic E-state index is 0.119. The summed E-state index contributed by atoms with van der Waals surface area (Å²) in [4.78, 5) is 23.8. The molecule has 3 aromatic rings. The highest BCUT2D eigenvalue weighted by Crippen LogP contribution is 2.20. The minimum Gasteiger partial charge on any atom is -0.469 e. The molecule has 0 radical (unpaired) electrons. The summed E-state index contributed by atoms with van der Waals surface area (Å²) in [5, 5.41) is 7.29. The number of carbonyl (C=O) groups is 2. The van der Waals surface area contributed by atoms with Crippen LogP contribution in [0.5, 0.6) is 0 Å². The molecule has 1 amide bonds. The molecule has 0 fully saturated rings. The van der Waals surface area contributed by atoms with Crippen LogP contribution in [-0.2, 0) is 22.5 Å². The van der Waals surface area contributed by atoms with Gasteiger partial charge in [-0.1, -0.05) is 18.2 Å². The first-order chi connectivity index (χ1) is 14.4. The first kappa shape index (κ1) is 21.2. The summed E-state index contributed by atoms with van der Waals surface area (Å²) >= 11 is 0. The summed E-state index contributed by atoms with van der Waals surface area (Å²) in [6, 6.07) is 13.4. The van der Waals surface area contributed by atoms with Gasteiger partial charge in [-0.15, -0.1) is 0 Å². The fourth-order valence-corrected chi connectivity index (χ4v) is 3.29. The summed E-state index contributed by atoms with van der Waals surface area (Å²) in [6.07, 6.45) is 0.853. The van der Waals surface area contributed by atoms with Gasteiger partial charge in [0.2, 0.25) is 0 Å². The maximum Gasteiger partial charge on any atom is 0.305 e. The van der Waals surface area contributed by atoms with Crippen LogP contribution in [0.2, 0.25) is 0 Å². The molecule has 1 N–H and O–H groups in total. The SMILES string of the molecule is COC(=O)CCc1c(C)nn(-c2ccc(C(=O)NCc3ccccc3F)cc2)c1C. The number of nitrogens with zero attached hydrogens (tertiary/aromatic N) is 2. The second kappa shape index (κ2) is 9.35. The number of benzene rings is 2. The van der Waals surface area contributed by atoms with E-state index in [0.717, 1.165) is 22.6 Å². The third kappa shape index (κ3) is 4.74. The zero-order valence-corrected chi connectivity index (χ0v) is 17.2. The number of hydrogen-bond acceptors (Lipinski definition) is 4. The largest absolute Gasteiger partial charge is 0.469 e. The summed E-state index contributed by atoms with van der Waals surface area (Å²) < 4.78 is 20.2. The van der Waals surface area contributed by atoms with Gasteiger partial charge in [0.05, 0.1) is 18.5 Å². The van der Waals surface area contributed by atoms with Crippen LogP contribution >= 0.6 is 0 Å². The lowest BCUT2D eigenvalue weighted by molar-refractivity contribution is -0.140. The van der Waals surface area contributed by atoms with Crippen LogP contribution in [0.25, 0.3) is 5.69 Å². The average molecular weight is 409 g/mol. The number of carbonyl (C=O) groups excluding carboxylic acids is 2. The van der Waals surface area contributed by atoms with Gasteiger partial charge in [0.1, 0.15) is 5.82 Å². The highest BCUT2D eigenvalue weighted by molar-refractivity contribution is 5.94. The Morgan fingerprint density at radius 2 is 1.80 bits per heavy atom. The van der Waals surface area contributed by atoms with Gasteiger partial charge in [-0.05, 0) is 56.2 Å². The molecule has 1 heterocycles. The normalized spacial score (nSPS) is 10.7. The van der Waals surface area contributed by atoms with Gasteiger partial charge in [0, 0.05) is 29.8 Å². The highest BCUT2D eigenvalue weighted by atomic mass is 19.1. The van der Waals surface area contributed by atoms with Crippen molar-refractivity contribution >= 4 is 11.9 Å². The summed E-state index contributed by atoms with van der Waals surface area (Å²) in [5.74, 6) is -0.884. The molecule has 1 aromatic heterocycles. The number of ether oxygens (including phenoxy) is 1. The predicted molar refractivity (Wildman–Crippen MR) is 111 cm³/mol. The van der Waals surface area contributed by atoms with Gasteiger partial charge in [-0.3, -0.25) is 9.59 Å². The lowest BCUT2D eigenvalue weighted by Crippen LogP contribution is -2.23. The number of amides is 1. The molecular formula is C23H24FN3O3. The van der Waals surface area contributed by atoms with Crippen molar-refractivity contribution < 1.29 is 18.7 Å². The third-order valence-electron chi connectivity index (χ3n) is 5.02. The lowest BCUT2D eigenvalue weighted by atomic mass is 10.1. The van der Waals surface area contributed by atoms with Crippen LogP contribution in [0.15, 0.2) is 48.5 Å². The van der Waals surface area contributed by atoms with E-state index in [2.05, 4.69) is 10.4 Å². The van der Waals surface area contributed by atoms with Crippen LogP contribution in [0.4, 0.5) is 4.39 Å². The van der Waals surface area contributed by atoms with E-state index >= 15 is 0 Å². The van der Waals surface area contributed by atoms with Gasteiger partial charge in [0.25, 0.3) is 5.91 Å². The van der Waals surface area contributed by atoms with Crippen LogP contribution in [0.3, 0.4) is 0 Å². The molecule has 6 nitrogen and oxygen atoms in total. The Labute approximate surface area is 174 Å². The zero-order chi connectivity index (χ0) is 21.7. The molecule has 3 rings (SSSR count). The second-order valence-corrected chi connectivity index (χ2v) is 6.96. The van der Waals surface area contributed by atoms with Crippen molar-refractivity contribution in [2.24, 2.45) is 0 Å². The zero-order valence-electron chi connectivity index (χ0n) is 17.2. The monoisotopic (exact) mass is 409 g/mol. The molecule has 156 valence electrons. The maximum atomic E-state index is 13.7. The fourth-order valence-electron chi connectivity index (χ4n) is 3.29. The summed E-state index contributed by atoms with van der Waals surface area (Å²) in [6.45, 7) is 3.97. The van der Waals surface area contributed by atoms with E-state index in [1.165, 1.54) is 13.2 Å². The standard InChI is InChI=1S/C23H24FN3O3/c1-15-20(12-13-22(28)30-3)16(2)27(26-15)19-10-8-17(9-11-19)23(29)25-14-18-6-4-5-7-21(18)24/h4-11H,12-14H2,1-3H3,(H,25,29). The smallest absolute Gasteiger partial charge is 0.305 e. The van der Waals surface area contributed by atoms with Gasteiger partial charge >= 0.3 is 5.97 Å². The van der Waals surface area contributed by atoms with Crippen molar-refractivity contribution in [3.8, 4) is 5.69 Å². The van der Waals surface area contributed by atoms with Crippen LogP contribution < -0.4 is 5.32 Å². The Hall–Kier alpha value is -3.48. The van der Waals surface area contributed by atoms with Gasteiger partial charge in [-0.2, -0.15) is 5.10 Å². The van der Waals surface area contributed by atoms with Crippen LogP contribution in [-0.4, -0.2) is 28.8 Å². The van der Waals surface area contributed by atoms with E-state index in [1.54, 1.807) is 35.0 Å². The van der Waals surface area contributed by atoms with Crippen molar-refractivity contribution in [3.63, 3.8) is 0 Å². The van der Waals surface area contributed by atoms with Crippen molar-refractivity contribution in [1.29, 1.82) is 0 Å². The molecule has 2 aromatic carbocycles. The molecule has 0 spiro atoms. The van der Waals surface area contributed by atoms with E-state index in [-0.39, 0.29) is 24.2 Å². The first-order valence-electron chi connectivity index (χ1n) is 9.64. The van der Waals surface area contributed by atoms with E-state index in [4.69, 9.17) is 4.74 Å². The van der Waals surface area contributed by atoms with Crippen LogP contribution in [0, 0.1) is 19.7 Å². The second-order valence-electron chi connectivity index (χ2n) is 6.96. The van der Waals surface area contributed by atoms with E-state index < -0.39 is 0 Å². The molecule has 0 atom stereocenters. The lowest BCUT2D eigenvalue weighted by Gasteiger charge is -2.09. The topological polar surface area (TPSA) is 73.2 Å². The van der Waals surface area contributed by atoms with Gasteiger partial charge in [0.15, 0.2) is 0 Å². The minimum atomic E-state index is -0.347. The van der Waals surface area contributed by atoms with E-state index in [1.807, 2.05) is 26.0 Å². The number of hydrogen-bond donors (Lipinski definition) is 1. The molecule has 0 aliphatic heterocycles. The van der Waals surface area contributed by atoms with Crippen LogP contribution in [0.1, 0.15) is 39.3 Å². The summed E-state index contributed by atoms with van der Waals surface area (Å²) in [5.41, 5.74) is 4.51. The average Bonchev–Trinajstić information content (AvgIpc) is 3.04. The molecule has 0 aliphatic carbocycles. The van der Waals surface area contributed by atoms with Gasteiger partial charge < -0.3 is 10.1 Å². The number of methoxy groups -OCH3 is 1. The van der Waals surface area contributed by atoms with Gasteiger partial charge in [-0.25, -0.2) is 9.07 Å². The Kier molecular flexibility index (Phi) is 6.61. The number of halogens is 1. The molecular weight excluding hydrogens is 385 g/mol. The first-order valence-corrected chi connectivity index (χ1v) is 9.64. The Morgan fingerprint density at radius 1 is 1.10 bits per heavy atom. The number of esters is 1. The van der Waals surface area contributed by atoms with E-state index in [0.29, 0.717) is 24.0 Å². The van der Waals surface area contributed by atoms with Crippen molar-refractivity contribution in [1.82, 2.24) is 15.1 Å². The molecule has 0 saturated heterocycles. The molecule has 0 aliphatic rings. The molecule has 0 saturated carbocycles. The maximum absolute atomic E-state index is 13.7. The molecule has 7 heteroatoms. The molecule has 30 heavy (non-hydrogen) atoms. The highest BCUT2D eigenvalue weighted by Gasteiger charge is 2.15. The Balaban J connectivity index is 1.70. The predicted octanol–water partition coefficient (Wildman–Crippen LogP) is 3.66. The number of rotatable bonds is 7. The third-order valence-corrected chi connectivity index (χ3v) is 5.02. The van der Waals surface area contributed by atoms with Crippen molar-refractivity contribution in [3.05, 3.63) is 82.4 Å². The fraction of sp³-hybridized carbons (Fsp3) is 0.261. The van der Waals surface area contributed by atoms with Crippen molar-refractivity contribution in [2.75, 3.05) is 7.11 Å². The quantitative estimate of drug-likeness (QED) is 0.605. The number of aryl methyl sites for hydroxylation is 1. The Bertz CT molecular complexity index is 1060. The summed E-state index contributed by atoms with van der Waals surface area (Å²) in [7, 11) is 1.37. The van der Waals surface area contributed by atoms with E-state index in [9.17, 15) is 14.0 Å². The number of aromatic nitrogens is 2. The Morgan fingerprint density at radius 3 is 2.47 bits per heavy atom. The van der Waals surface area contributed by atoms with Crippen molar-refractivity contribution in [2.45, 2.75) is 33.2 Å². The number of nitrogens with one attached hydrogen (secondary N) is 1. The molecule has 0 unspecified atom stereocenters. The molecule has 0 bridgehead atoms.